The van der Waals surface area contributed by atoms with Crippen LogP contribution < -0.4 is 14.9 Å². The number of benzene rings is 1. The summed E-state index contributed by atoms with van der Waals surface area (Å²) in [6.07, 6.45) is 6.62. The summed E-state index contributed by atoms with van der Waals surface area (Å²) < 4.78 is 9.95. The number of hydrogen-bond donors (Lipinski definition) is 0. The van der Waals surface area contributed by atoms with E-state index in [1.807, 2.05) is 75.6 Å². The quantitative estimate of drug-likeness (QED) is 0.190. The molecule has 37 heavy (non-hydrogen) atoms. The number of nitrogens with zero attached hydrogens (tertiary/aromatic N) is 4. The van der Waals surface area contributed by atoms with Crippen LogP contribution in [0.2, 0.25) is 4.47 Å². The van der Waals surface area contributed by atoms with E-state index < -0.39 is 0 Å². The second kappa shape index (κ2) is 14.3. The van der Waals surface area contributed by atoms with Gasteiger partial charge in [-0.1, -0.05) is 70.7 Å². The largest absolute Gasteiger partial charge is 0.465 e. The number of ether oxygens (including phenoxy) is 1. The van der Waals surface area contributed by atoms with Crippen LogP contribution in [0.4, 0.5) is 0 Å². The average Bonchev–Trinajstić information content (AvgIpc) is 3.35. The van der Waals surface area contributed by atoms with Crippen LogP contribution >= 0.6 is 22.9 Å². The zero-order chi connectivity index (χ0) is 27.5. The molecular formula is C29H34ClN4O2S+. The highest BCUT2D eigenvalue weighted by molar-refractivity contribution is 7.15. The number of hydrogen-bond acceptors (Lipinski definition) is 5. The van der Waals surface area contributed by atoms with Gasteiger partial charge in [-0.15, -0.1) is 11.3 Å². The number of aryl methyl sites for hydroxylation is 1. The first-order valence-electron chi connectivity index (χ1n) is 12.1. The molecule has 0 saturated carbocycles. The summed E-state index contributed by atoms with van der Waals surface area (Å²) in [6, 6.07) is 11.4. The Kier molecular flexibility index (Phi) is 11.4. The third-order valence-electron chi connectivity index (χ3n) is 5.21. The molecule has 0 amide bonds. The molecule has 0 aliphatic heterocycles. The molecule has 0 N–H and O–H groups in total. The van der Waals surface area contributed by atoms with Crippen LogP contribution in [0.25, 0.3) is 16.8 Å². The van der Waals surface area contributed by atoms with Gasteiger partial charge in [0.25, 0.3) is 5.65 Å². The lowest BCUT2D eigenvalue weighted by Gasteiger charge is -2.14. The van der Waals surface area contributed by atoms with Crippen LogP contribution in [-0.4, -0.2) is 22.2 Å². The Morgan fingerprint density at radius 1 is 1.22 bits per heavy atom. The average molecular weight is 538 g/mol. The van der Waals surface area contributed by atoms with Crippen molar-refractivity contribution < 1.29 is 9.30 Å². The highest BCUT2D eigenvalue weighted by atomic mass is 35.5. The Bertz CT molecular complexity index is 1470. The van der Waals surface area contributed by atoms with E-state index in [-0.39, 0.29) is 5.56 Å². The molecule has 3 heterocycles. The number of halogens is 1. The van der Waals surface area contributed by atoms with Gasteiger partial charge in [0.1, 0.15) is 6.54 Å². The molecule has 3 aromatic heterocycles. The summed E-state index contributed by atoms with van der Waals surface area (Å²) in [6.45, 7) is 17.9. The van der Waals surface area contributed by atoms with Crippen molar-refractivity contribution in [2.75, 3.05) is 7.11 Å². The van der Waals surface area contributed by atoms with Crippen molar-refractivity contribution in [3.63, 3.8) is 0 Å². The van der Waals surface area contributed by atoms with E-state index in [2.05, 4.69) is 23.1 Å². The van der Waals surface area contributed by atoms with E-state index in [0.29, 0.717) is 33.7 Å². The second-order valence-electron chi connectivity index (χ2n) is 7.22. The molecule has 0 radical (unpaired) electrons. The number of aliphatic imine (C=N–C) groups is 1. The molecule has 0 bridgehead atoms. The Balaban J connectivity index is 0.00000115. The zero-order valence-corrected chi connectivity index (χ0v) is 23.9. The second-order valence-corrected chi connectivity index (χ2v) is 8.92. The third kappa shape index (κ3) is 6.42. The lowest BCUT2D eigenvalue weighted by Crippen LogP contribution is -2.43. The van der Waals surface area contributed by atoms with Crippen LogP contribution in [-0.2, 0) is 6.54 Å². The van der Waals surface area contributed by atoms with Gasteiger partial charge < -0.3 is 4.74 Å². The first-order chi connectivity index (χ1) is 18.0. The Morgan fingerprint density at radius 2 is 1.95 bits per heavy atom. The molecule has 194 valence electrons. The number of methoxy groups -OCH3 is 1. The molecule has 1 aromatic carbocycles. The van der Waals surface area contributed by atoms with Crippen LogP contribution in [0.3, 0.4) is 0 Å². The molecule has 0 unspecified atom stereocenters. The van der Waals surface area contributed by atoms with Crippen molar-refractivity contribution >= 4 is 34.3 Å². The molecule has 0 fully saturated rings. The third-order valence-corrected chi connectivity index (χ3v) is 6.31. The molecule has 4 aromatic rings. The maximum Gasteiger partial charge on any atom is 0.354 e. The minimum absolute atomic E-state index is 0.179. The van der Waals surface area contributed by atoms with Crippen LogP contribution in [0.15, 0.2) is 84.0 Å². The van der Waals surface area contributed by atoms with Crippen LogP contribution in [0.1, 0.15) is 43.7 Å². The molecule has 0 aliphatic carbocycles. The molecule has 0 aliphatic rings. The van der Waals surface area contributed by atoms with Gasteiger partial charge in [-0.2, -0.15) is 8.97 Å². The lowest BCUT2D eigenvalue weighted by atomic mass is 10.0. The summed E-state index contributed by atoms with van der Waals surface area (Å²) in [4.78, 5) is 23.1. The molecule has 4 rings (SSSR count). The molecular weight excluding hydrogens is 504 g/mol. The van der Waals surface area contributed by atoms with E-state index >= 15 is 0 Å². The minimum atomic E-state index is -0.179. The standard InChI is InChI=1S/C25H22ClN4O2S.2C2H6/c1-5-20(27-6-2)17-10-7-11-18(13-17)21-23(31)29-12-8-9-16(3)22(29)30(24(21)32-4)15-19-14-28-25(26)33-19;2*1-2/h5-14H,1-2,15H2,3-4H3;2*1-2H3/q+1;;. The van der Waals surface area contributed by atoms with Gasteiger partial charge in [-0.3, -0.25) is 4.99 Å². The summed E-state index contributed by atoms with van der Waals surface area (Å²) in [5.41, 5.74) is 4.13. The fourth-order valence-corrected chi connectivity index (χ4v) is 4.82. The SMILES string of the molecule is C=CN=C(C=C)c1cccc(-c2c(OC)[n+](Cc3cnc(Cl)s3)c3c(C)cccn3c2=O)c1.CC.CC. The van der Waals surface area contributed by atoms with Crippen molar-refractivity contribution in [1.82, 2.24) is 9.38 Å². The van der Waals surface area contributed by atoms with Crippen molar-refractivity contribution in [2.45, 2.75) is 41.2 Å². The van der Waals surface area contributed by atoms with Gasteiger partial charge in [0.2, 0.25) is 0 Å². The van der Waals surface area contributed by atoms with Crippen molar-refractivity contribution in [2.24, 2.45) is 4.99 Å². The summed E-state index contributed by atoms with van der Waals surface area (Å²) in [5, 5.41) is 0. The highest BCUT2D eigenvalue weighted by Crippen LogP contribution is 2.27. The van der Waals surface area contributed by atoms with Crippen molar-refractivity contribution in [3.8, 4) is 17.0 Å². The molecule has 0 saturated heterocycles. The molecule has 6 nitrogen and oxygen atoms in total. The smallest absolute Gasteiger partial charge is 0.354 e. The van der Waals surface area contributed by atoms with E-state index in [0.717, 1.165) is 21.7 Å². The monoisotopic (exact) mass is 537 g/mol. The Morgan fingerprint density at radius 3 is 2.54 bits per heavy atom. The van der Waals surface area contributed by atoms with E-state index in [1.165, 1.54) is 17.5 Å². The number of fused-ring (bicyclic) bond motifs is 1. The normalized spacial score (nSPS) is 10.6. The van der Waals surface area contributed by atoms with Gasteiger partial charge in [0, 0.05) is 23.5 Å². The van der Waals surface area contributed by atoms with Gasteiger partial charge in [-0.05, 0) is 36.8 Å². The highest BCUT2D eigenvalue weighted by Gasteiger charge is 2.28. The lowest BCUT2D eigenvalue weighted by molar-refractivity contribution is -0.670. The van der Waals surface area contributed by atoms with E-state index in [4.69, 9.17) is 16.3 Å². The van der Waals surface area contributed by atoms with E-state index in [1.54, 1.807) is 30.0 Å². The number of rotatable bonds is 7. The van der Waals surface area contributed by atoms with Gasteiger partial charge >= 0.3 is 11.4 Å². The van der Waals surface area contributed by atoms with Gasteiger partial charge in [0.05, 0.1) is 23.9 Å². The molecule has 0 atom stereocenters. The Hall–Kier alpha value is -3.55. The predicted octanol–water partition coefficient (Wildman–Crippen LogP) is 6.90. The minimum Gasteiger partial charge on any atom is -0.465 e. The topological polar surface area (TPSA) is 59.8 Å². The number of pyridine rings is 1. The van der Waals surface area contributed by atoms with Gasteiger partial charge in [-0.25, -0.2) is 9.78 Å². The predicted molar refractivity (Wildman–Crippen MR) is 156 cm³/mol. The Labute approximate surface area is 227 Å². The van der Waals surface area contributed by atoms with Crippen LogP contribution in [0, 0.1) is 6.92 Å². The first kappa shape index (κ1) is 29.7. The summed E-state index contributed by atoms with van der Waals surface area (Å²) in [7, 11) is 1.57. The van der Waals surface area contributed by atoms with Crippen molar-refractivity contribution in [3.05, 3.63) is 105 Å². The fraction of sp³-hybridized carbons (Fsp3) is 0.241. The van der Waals surface area contributed by atoms with Crippen LogP contribution in [0.5, 0.6) is 5.88 Å². The zero-order valence-electron chi connectivity index (χ0n) is 22.3. The van der Waals surface area contributed by atoms with E-state index in [9.17, 15) is 4.79 Å². The van der Waals surface area contributed by atoms with Crippen molar-refractivity contribution in [1.29, 1.82) is 0 Å². The maximum atomic E-state index is 13.7. The summed E-state index contributed by atoms with van der Waals surface area (Å²) >= 11 is 7.47. The van der Waals surface area contributed by atoms with Gasteiger partial charge in [0.15, 0.2) is 10.0 Å². The summed E-state index contributed by atoms with van der Waals surface area (Å²) in [5.74, 6) is 0.455. The maximum absolute atomic E-state index is 13.7. The first-order valence-corrected chi connectivity index (χ1v) is 13.3. The number of thiazole rings is 1. The fourth-order valence-electron chi connectivity index (χ4n) is 3.85. The number of allylic oxidation sites excluding steroid dienone is 1. The molecule has 0 spiro atoms. The number of aromatic nitrogens is 3. The molecule has 8 heteroatoms.